The van der Waals surface area contributed by atoms with Gasteiger partial charge in [-0.25, -0.2) is 0 Å². The van der Waals surface area contributed by atoms with Crippen molar-refractivity contribution in [3.8, 4) is 24.7 Å². The Morgan fingerprint density at radius 3 is 2.11 bits per heavy atom. The van der Waals surface area contributed by atoms with Crippen molar-refractivity contribution in [3.05, 3.63) is 35.1 Å². The lowest BCUT2D eigenvalue weighted by atomic mass is 9.76. The van der Waals surface area contributed by atoms with Crippen molar-refractivity contribution in [2.75, 3.05) is 6.61 Å². The van der Waals surface area contributed by atoms with Gasteiger partial charge in [0.05, 0.1) is 5.41 Å². The Labute approximate surface area is 171 Å². The quantitative estimate of drug-likeness (QED) is 0.202. The Kier molecular flexibility index (Phi) is 10.5. The molecule has 0 radical (unpaired) electrons. The van der Waals surface area contributed by atoms with Crippen molar-refractivity contribution in [1.82, 2.24) is 0 Å². The number of allylic oxidation sites excluding steroid dienone is 2. The van der Waals surface area contributed by atoms with E-state index in [2.05, 4.69) is 32.3 Å². The number of aliphatic hydroxyl groups is 1. The normalized spacial score (nSPS) is 15.7. The number of hydrogen-bond donors (Lipinski definition) is 1. The van der Waals surface area contributed by atoms with Gasteiger partial charge in [-0.1, -0.05) is 33.4 Å². The van der Waals surface area contributed by atoms with Crippen molar-refractivity contribution >= 4 is 5.97 Å². The molecule has 2 unspecified atom stereocenters. The molecular formula is C25H36O3. The molecule has 0 aromatic carbocycles. The molecule has 0 aliphatic heterocycles. The molecule has 0 saturated carbocycles. The molecule has 0 aromatic rings. The third-order valence-electron chi connectivity index (χ3n) is 5.50. The van der Waals surface area contributed by atoms with E-state index in [-0.39, 0.29) is 23.8 Å². The summed E-state index contributed by atoms with van der Waals surface area (Å²) in [5.74, 6) is 5.14. The lowest BCUT2D eigenvalue weighted by molar-refractivity contribution is -0.153. The van der Waals surface area contributed by atoms with E-state index < -0.39 is 5.41 Å². The average Bonchev–Trinajstić information content (AvgIpc) is 2.66. The minimum atomic E-state index is -0.721. The van der Waals surface area contributed by atoms with Crippen LogP contribution in [0.3, 0.4) is 0 Å². The second kappa shape index (κ2) is 11.5. The summed E-state index contributed by atoms with van der Waals surface area (Å²) in [6.45, 7) is 15.5. The molecule has 0 aliphatic rings. The van der Waals surface area contributed by atoms with Gasteiger partial charge in [-0.3, -0.25) is 4.79 Å². The predicted octanol–water partition coefficient (Wildman–Crippen LogP) is 6.13. The first-order chi connectivity index (χ1) is 13.0. The van der Waals surface area contributed by atoms with E-state index in [1.807, 2.05) is 27.7 Å². The standard InChI is InChI=1S/C25H36O3/c1-10-15-24(8,13-4)17-21(22(26)19(6)7)20(12-3)18-28-23(27)25(9,14-5)16-11-2/h1-2,12,26H,3,13-18H2,4-9H3/b21-20+. The zero-order valence-electron chi connectivity index (χ0n) is 18.4. The Balaban J connectivity index is 5.94. The summed E-state index contributed by atoms with van der Waals surface area (Å²) in [7, 11) is 0. The number of terminal acetylenes is 2. The summed E-state index contributed by atoms with van der Waals surface area (Å²) in [4.78, 5) is 12.6. The van der Waals surface area contributed by atoms with Crippen molar-refractivity contribution in [2.45, 2.75) is 73.6 Å². The van der Waals surface area contributed by atoms with Crippen LogP contribution in [0.5, 0.6) is 0 Å². The van der Waals surface area contributed by atoms with Crippen LogP contribution in [0.1, 0.15) is 73.6 Å². The van der Waals surface area contributed by atoms with Crippen molar-refractivity contribution < 1.29 is 14.6 Å². The monoisotopic (exact) mass is 384 g/mol. The molecule has 0 bridgehead atoms. The van der Waals surface area contributed by atoms with Gasteiger partial charge in [-0.15, -0.1) is 24.7 Å². The van der Waals surface area contributed by atoms with Gasteiger partial charge in [0.25, 0.3) is 0 Å². The van der Waals surface area contributed by atoms with Gasteiger partial charge in [0.15, 0.2) is 0 Å². The van der Waals surface area contributed by atoms with Crippen molar-refractivity contribution in [3.63, 3.8) is 0 Å². The lowest BCUT2D eigenvalue weighted by Crippen LogP contribution is -2.29. The first-order valence-electron chi connectivity index (χ1n) is 9.79. The summed E-state index contributed by atoms with van der Waals surface area (Å²) >= 11 is 0. The molecule has 0 saturated heterocycles. The first-order valence-corrected chi connectivity index (χ1v) is 9.79. The van der Waals surface area contributed by atoms with Crippen LogP contribution in [-0.2, 0) is 9.53 Å². The van der Waals surface area contributed by atoms with Crippen LogP contribution in [-0.4, -0.2) is 17.7 Å². The SMILES string of the molecule is C#CCC(C)(CC)C/C(C(O)=C(C)C)=C(/C=C)COC(=O)C(C)(CC)CC#C. The molecule has 0 aliphatic carbocycles. The number of esters is 1. The largest absolute Gasteiger partial charge is 0.508 e. The molecule has 3 nitrogen and oxygen atoms in total. The van der Waals surface area contributed by atoms with Gasteiger partial charge >= 0.3 is 5.97 Å². The van der Waals surface area contributed by atoms with Crippen LogP contribution >= 0.6 is 0 Å². The minimum Gasteiger partial charge on any atom is -0.508 e. The molecule has 0 fully saturated rings. The smallest absolute Gasteiger partial charge is 0.313 e. The van der Waals surface area contributed by atoms with E-state index >= 15 is 0 Å². The molecule has 1 N–H and O–H groups in total. The maximum Gasteiger partial charge on any atom is 0.313 e. The highest BCUT2D eigenvalue weighted by atomic mass is 16.5. The van der Waals surface area contributed by atoms with Crippen molar-refractivity contribution in [1.29, 1.82) is 0 Å². The second-order valence-electron chi connectivity index (χ2n) is 8.15. The molecule has 154 valence electrons. The Morgan fingerprint density at radius 1 is 1.14 bits per heavy atom. The topological polar surface area (TPSA) is 46.5 Å². The summed E-state index contributed by atoms with van der Waals surface area (Å²) < 4.78 is 5.59. The molecule has 0 amide bonds. The molecule has 3 heteroatoms. The van der Waals surface area contributed by atoms with E-state index in [0.29, 0.717) is 31.3 Å². The third-order valence-corrected chi connectivity index (χ3v) is 5.50. The average molecular weight is 385 g/mol. The number of hydrogen-bond acceptors (Lipinski definition) is 3. The Hall–Kier alpha value is -2.39. The van der Waals surface area contributed by atoms with Gasteiger partial charge in [-0.2, -0.15) is 0 Å². The zero-order chi connectivity index (χ0) is 22.0. The maximum absolute atomic E-state index is 12.6. The molecule has 28 heavy (non-hydrogen) atoms. The van der Waals surface area contributed by atoms with E-state index in [1.54, 1.807) is 6.08 Å². The number of carbonyl (C=O) groups excluding carboxylic acids is 1. The van der Waals surface area contributed by atoms with E-state index in [1.165, 1.54) is 0 Å². The highest BCUT2D eigenvalue weighted by Gasteiger charge is 2.33. The Bertz CT molecular complexity index is 707. The predicted molar refractivity (Wildman–Crippen MR) is 117 cm³/mol. The van der Waals surface area contributed by atoms with E-state index in [4.69, 9.17) is 17.6 Å². The van der Waals surface area contributed by atoms with Gasteiger partial charge in [0, 0.05) is 18.4 Å². The maximum atomic E-state index is 12.6. The van der Waals surface area contributed by atoms with Crippen LogP contribution in [0.2, 0.25) is 0 Å². The first kappa shape index (κ1) is 25.6. The number of carbonyl (C=O) groups is 1. The van der Waals surface area contributed by atoms with Gasteiger partial charge in [0.2, 0.25) is 0 Å². The van der Waals surface area contributed by atoms with Crippen LogP contribution in [0.4, 0.5) is 0 Å². The van der Waals surface area contributed by atoms with Crippen LogP contribution in [0, 0.1) is 35.5 Å². The second-order valence-corrected chi connectivity index (χ2v) is 8.15. The molecule has 0 rings (SSSR count). The van der Waals surface area contributed by atoms with Gasteiger partial charge in [0.1, 0.15) is 12.4 Å². The summed E-state index contributed by atoms with van der Waals surface area (Å²) in [5, 5.41) is 10.7. The summed E-state index contributed by atoms with van der Waals surface area (Å²) in [5.41, 5.74) is 1.29. The molecule has 2 atom stereocenters. The van der Waals surface area contributed by atoms with Gasteiger partial charge < -0.3 is 9.84 Å². The number of aliphatic hydroxyl groups excluding tert-OH is 1. The molecule has 0 heterocycles. The summed E-state index contributed by atoms with van der Waals surface area (Å²) in [6, 6.07) is 0. The van der Waals surface area contributed by atoms with Crippen LogP contribution < -0.4 is 0 Å². The molecule has 0 spiro atoms. The molecule has 0 aromatic heterocycles. The molecular weight excluding hydrogens is 348 g/mol. The zero-order valence-corrected chi connectivity index (χ0v) is 18.4. The minimum absolute atomic E-state index is 0.0328. The fourth-order valence-electron chi connectivity index (χ4n) is 2.79. The van der Waals surface area contributed by atoms with Crippen LogP contribution in [0.25, 0.3) is 0 Å². The highest BCUT2D eigenvalue weighted by molar-refractivity contribution is 5.77. The van der Waals surface area contributed by atoms with E-state index in [0.717, 1.165) is 17.6 Å². The van der Waals surface area contributed by atoms with Gasteiger partial charge in [-0.05, 0) is 56.6 Å². The fraction of sp³-hybridized carbons (Fsp3) is 0.560. The third kappa shape index (κ3) is 6.97. The van der Waals surface area contributed by atoms with Crippen molar-refractivity contribution in [2.24, 2.45) is 10.8 Å². The number of ether oxygens (including phenoxy) is 1. The Morgan fingerprint density at radius 2 is 1.71 bits per heavy atom. The fourth-order valence-corrected chi connectivity index (χ4v) is 2.79. The summed E-state index contributed by atoms with van der Waals surface area (Å²) in [6.07, 6.45) is 15.5. The van der Waals surface area contributed by atoms with E-state index in [9.17, 15) is 9.90 Å². The van der Waals surface area contributed by atoms with Crippen LogP contribution in [0.15, 0.2) is 35.1 Å². The lowest BCUT2D eigenvalue weighted by Gasteiger charge is -2.29. The number of rotatable bonds is 11. The highest BCUT2D eigenvalue weighted by Crippen LogP contribution is 2.37.